The van der Waals surface area contributed by atoms with E-state index in [0.717, 1.165) is 11.8 Å². The SMILES string of the molecule is C=C(C)C.C=C(C)CC(C)C(C)C.CC. The Morgan fingerprint density at radius 2 is 1.20 bits per heavy atom. The van der Waals surface area contributed by atoms with Crippen molar-refractivity contribution >= 4 is 0 Å². The van der Waals surface area contributed by atoms with E-state index >= 15 is 0 Å². The summed E-state index contributed by atoms with van der Waals surface area (Å²) < 4.78 is 0. The molecule has 0 rings (SSSR count). The molecule has 0 amide bonds. The maximum Gasteiger partial charge on any atom is -0.0297 e. The molecule has 0 saturated carbocycles. The third kappa shape index (κ3) is 31.8. The van der Waals surface area contributed by atoms with E-state index in [-0.39, 0.29) is 0 Å². The van der Waals surface area contributed by atoms with Gasteiger partial charge in [0.25, 0.3) is 0 Å². The van der Waals surface area contributed by atoms with Crippen LogP contribution in [0.2, 0.25) is 0 Å². The summed E-state index contributed by atoms with van der Waals surface area (Å²) in [6.07, 6.45) is 1.18. The monoisotopic (exact) mass is 212 g/mol. The highest BCUT2D eigenvalue weighted by Crippen LogP contribution is 2.17. The van der Waals surface area contributed by atoms with Crippen molar-refractivity contribution in [3.63, 3.8) is 0 Å². The molecule has 0 aliphatic rings. The quantitative estimate of drug-likeness (QED) is 0.514. The molecular weight excluding hydrogens is 180 g/mol. The van der Waals surface area contributed by atoms with Crippen LogP contribution in [0.4, 0.5) is 0 Å². The van der Waals surface area contributed by atoms with Gasteiger partial charge in [0.15, 0.2) is 0 Å². The first kappa shape index (κ1) is 20.0. The van der Waals surface area contributed by atoms with E-state index in [4.69, 9.17) is 0 Å². The molecule has 0 fully saturated rings. The number of rotatable bonds is 3. The lowest BCUT2D eigenvalue weighted by Crippen LogP contribution is -2.03. The van der Waals surface area contributed by atoms with Gasteiger partial charge in [-0.2, -0.15) is 0 Å². The molecule has 0 aromatic rings. The summed E-state index contributed by atoms with van der Waals surface area (Å²) in [4.78, 5) is 0. The van der Waals surface area contributed by atoms with Crippen molar-refractivity contribution in [2.45, 2.75) is 61.8 Å². The first-order chi connectivity index (χ1) is 6.77. The lowest BCUT2D eigenvalue weighted by molar-refractivity contribution is 0.416. The smallest absolute Gasteiger partial charge is 0.0297 e. The fourth-order valence-electron chi connectivity index (χ4n) is 0.785. The van der Waals surface area contributed by atoms with Crippen LogP contribution in [0.25, 0.3) is 0 Å². The summed E-state index contributed by atoms with van der Waals surface area (Å²) in [7, 11) is 0. The van der Waals surface area contributed by atoms with Crippen LogP contribution in [0.5, 0.6) is 0 Å². The maximum atomic E-state index is 3.88. The zero-order valence-corrected chi connectivity index (χ0v) is 12.3. The minimum Gasteiger partial charge on any atom is -0.100 e. The highest BCUT2D eigenvalue weighted by Gasteiger charge is 2.05. The van der Waals surface area contributed by atoms with Crippen LogP contribution in [0.1, 0.15) is 61.8 Å². The molecule has 0 radical (unpaired) electrons. The summed E-state index contributed by atoms with van der Waals surface area (Å²) in [5.41, 5.74) is 2.47. The van der Waals surface area contributed by atoms with Crippen LogP contribution >= 0.6 is 0 Å². The lowest BCUT2D eigenvalue weighted by atomic mass is 9.92. The Hall–Kier alpha value is -0.520. The van der Waals surface area contributed by atoms with Gasteiger partial charge < -0.3 is 0 Å². The second-order valence-electron chi connectivity index (χ2n) is 4.59. The lowest BCUT2D eigenvalue weighted by Gasteiger charge is -2.14. The minimum absolute atomic E-state index is 0.793. The second kappa shape index (κ2) is 13.5. The van der Waals surface area contributed by atoms with Gasteiger partial charge in [0.2, 0.25) is 0 Å². The molecule has 1 atom stereocenters. The van der Waals surface area contributed by atoms with Crippen LogP contribution in [-0.2, 0) is 0 Å². The Morgan fingerprint density at radius 1 is 0.933 bits per heavy atom. The van der Waals surface area contributed by atoms with Crippen molar-refractivity contribution in [2.75, 3.05) is 0 Å². The highest BCUT2D eigenvalue weighted by atomic mass is 14.1. The van der Waals surface area contributed by atoms with Gasteiger partial charge >= 0.3 is 0 Å². The van der Waals surface area contributed by atoms with E-state index in [9.17, 15) is 0 Å². The summed E-state index contributed by atoms with van der Waals surface area (Å²) >= 11 is 0. The van der Waals surface area contributed by atoms with Crippen molar-refractivity contribution in [3.8, 4) is 0 Å². The number of allylic oxidation sites excluding steroid dienone is 2. The Bertz CT molecular complexity index is 147. The molecule has 92 valence electrons. The van der Waals surface area contributed by atoms with E-state index in [1.807, 2.05) is 27.7 Å². The molecule has 0 bridgehead atoms. The van der Waals surface area contributed by atoms with E-state index in [1.54, 1.807) is 0 Å². The number of hydrogen-bond acceptors (Lipinski definition) is 0. The fraction of sp³-hybridized carbons (Fsp3) is 0.733. The van der Waals surface area contributed by atoms with Crippen LogP contribution in [-0.4, -0.2) is 0 Å². The van der Waals surface area contributed by atoms with E-state index in [0.29, 0.717) is 0 Å². The molecule has 1 unspecified atom stereocenters. The van der Waals surface area contributed by atoms with Crippen LogP contribution in [0.15, 0.2) is 24.3 Å². The second-order valence-corrected chi connectivity index (χ2v) is 4.59. The Labute approximate surface area is 98.5 Å². The van der Waals surface area contributed by atoms with Gasteiger partial charge in [-0.25, -0.2) is 0 Å². The molecule has 0 nitrogen and oxygen atoms in total. The topological polar surface area (TPSA) is 0 Å². The molecule has 0 N–H and O–H groups in total. The van der Waals surface area contributed by atoms with Crippen molar-refractivity contribution in [2.24, 2.45) is 11.8 Å². The summed E-state index contributed by atoms with van der Waals surface area (Å²) in [6.45, 7) is 24.3. The molecule has 0 aliphatic heterocycles. The molecule has 0 spiro atoms. The molecule has 0 heteroatoms. The van der Waals surface area contributed by atoms with Crippen molar-refractivity contribution in [3.05, 3.63) is 24.3 Å². The Balaban J connectivity index is -0.000000202. The normalized spacial score (nSPS) is 10.5. The predicted molar refractivity (Wildman–Crippen MR) is 75.3 cm³/mol. The predicted octanol–water partition coefficient (Wildman–Crippen LogP) is 5.85. The third-order valence-corrected chi connectivity index (χ3v) is 1.81. The van der Waals surface area contributed by atoms with Gasteiger partial charge in [-0.1, -0.05) is 45.8 Å². The van der Waals surface area contributed by atoms with Gasteiger partial charge in [0, 0.05) is 0 Å². The molecule has 0 aliphatic carbocycles. The zero-order valence-electron chi connectivity index (χ0n) is 12.3. The first-order valence-corrected chi connectivity index (χ1v) is 6.03. The van der Waals surface area contributed by atoms with Gasteiger partial charge in [0.1, 0.15) is 0 Å². The van der Waals surface area contributed by atoms with Gasteiger partial charge in [0.05, 0.1) is 0 Å². The number of hydrogen-bond donors (Lipinski definition) is 0. The van der Waals surface area contributed by atoms with Gasteiger partial charge in [-0.3, -0.25) is 0 Å². The van der Waals surface area contributed by atoms with Crippen LogP contribution in [0.3, 0.4) is 0 Å². The largest absolute Gasteiger partial charge is 0.100 e. The standard InChI is InChI=1S/C9H18.C4H8.C2H6/c1-7(2)6-9(5)8(3)4;1-4(2)3;1-2/h8-9H,1,6H2,2-5H3;1H2,2-3H3;1-2H3. The van der Waals surface area contributed by atoms with Crippen LogP contribution in [0, 0.1) is 11.8 Å². The van der Waals surface area contributed by atoms with Crippen molar-refractivity contribution < 1.29 is 0 Å². The van der Waals surface area contributed by atoms with Crippen molar-refractivity contribution in [1.29, 1.82) is 0 Å². The Morgan fingerprint density at radius 3 is 1.27 bits per heavy atom. The van der Waals surface area contributed by atoms with Crippen LogP contribution < -0.4 is 0 Å². The van der Waals surface area contributed by atoms with Crippen molar-refractivity contribution in [1.82, 2.24) is 0 Å². The van der Waals surface area contributed by atoms with E-state index in [2.05, 4.69) is 40.9 Å². The van der Waals surface area contributed by atoms with Gasteiger partial charge in [-0.15, -0.1) is 13.2 Å². The highest BCUT2D eigenvalue weighted by molar-refractivity contribution is 4.89. The fourth-order valence-corrected chi connectivity index (χ4v) is 0.785. The summed E-state index contributed by atoms with van der Waals surface area (Å²) in [5.74, 6) is 1.59. The molecular formula is C15H32. The summed E-state index contributed by atoms with van der Waals surface area (Å²) in [6, 6.07) is 0. The molecule has 0 heterocycles. The van der Waals surface area contributed by atoms with E-state index < -0.39 is 0 Å². The van der Waals surface area contributed by atoms with E-state index in [1.165, 1.54) is 17.6 Å². The Kier molecular flexibility index (Phi) is 17.9. The molecule has 0 saturated heterocycles. The average Bonchev–Trinajstić information content (AvgIpc) is 2.05. The molecule has 15 heavy (non-hydrogen) atoms. The molecule has 0 aromatic carbocycles. The average molecular weight is 212 g/mol. The maximum absolute atomic E-state index is 3.88. The third-order valence-electron chi connectivity index (χ3n) is 1.81. The van der Waals surface area contributed by atoms with Gasteiger partial charge in [-0.05, 0) is 39.0 Å². The zero-order chi connectivity index (χ0) is 13.0. The molecule has 0 aromatic heterocycles. The first-order valence-electron chi connectivity index (χ1n) is 6.03. The minimum atomic E-state index is 0.793. The summed E-state index contributed by atoms with van der Waals surface area (Å²) in [5, 5.41) is 0.